The predicted molar refractivity (Wildman–Crippen MR) is 72.7 cm³/mol. The Morgan fingerprint density at radius 1 is 1.42 bits per heavy atom. The maximum atomic E-state index is 13.9. The highest BCUT2D eigenvalue weighted by Crippen LogP contribution is 2.23. The molecule has 19 heavy (non-hydrogen) atoms. The summed E-state index contributed by atoms with van der Waals surface area (Å²) < 4.78 is 13.9. The van der Waals surface area contributed by atoms with E-state index in [1.807, 2.05) is 24.5 Å². The SMILES string of the molecule is CSc1cccc(Nc2nccc(C(=O)O)c2F)c1. The van der Waals surface area contributed by atoms with Crippen LogP contribution in [0.2, 0.25) is 0 Å². The molecule has 4 nitrogen and oxygen atoms in total. The minimum atomic E-state index is -1.32. The van der Waals surface area contributed by atoms with Crippen LogP contribution < -0.4 is 5.32 Å². The number of aromatic carboxylic acids is 1. The number of carboxylic acid groups (broad SMARTS) is 1. The smallest absolute Gasteiger partial charge is 0.338 e. The number of pyridine rings is 1. The first-order valence-electron chi connectivity index (χ1n) is 5.40. The summed E-state index contributed by atoms with van der Waals surface area (Å²) in [5.41, 5.74) is 0.249. The Kier molecular flexibility index (Phi) is 4.01. The van der Waals surface area contributed by atoms with Gasteiger partial charge in [0, 0.05) is 16.8 Å². The van der Waals surface area contributed by atoms with Crippen LogP contribution in [-0.2, 0) is 0 Å². The van der Waals surface area contributed by atoms with Crippen LogP contribution in [0.25, 0.3) is 0 Å². The molecule has 2 aromatic rings. The topological polar surface area (TPSA) is 62.2 Å². The lowest BCUT2D eigenvalue weighted by atomic mass is 10.2. The second-order valence-corrected chi connectivity index (χ2v) is 4.56. The molecule has 0 aliphatic heterocycles. The van der Waals surface area contributed by atoms with Gasteiger partial charge in [0.2, 0.25) is 0 Å². The predicted octanol–water partition coefficient (Wildman–Crippen LogP) is 3.38. The zero-order valence-electron chi connectivity index (χ0n) is 10.1. The van der Waals surface area contributed by atoms with Crippen molar-refractivity contribution in [2.24, 2.45) is 0 Å². The van der Waals surface area contributed by atoms with E-state index in [1.165, 1.54) is 6.20 Å². The Hall–Kier alpha value is -2.08. The first-order valence-corrected chi connectivity index (χ1v) is 6.63. The zero-order valence-corrected chi connectivity index (χ0v) is 10.9. The molecule has 1 aromatic heterocycles. The van der Waals surface area contributed by atoms with Crippen LogP contribution >= 0.6 is 11.8 Å². The lowest BCUT2D eigenvalue weighted by Gasteiger charge is -2.08. The van der Waals surface area contributed by atoms with Gasteiger partial charge in [-0.3, -0.25) is 0 Å². The van der Waals surface area contributed by atoms with Crippen LogP contribution in [0.3, 0.4) is 0 Å². The van der Waals surface area contributed by atoms with E-state index in [1.54, 1.807) is 17.8 Å². The van der Waals surface area contributed by atoms with Gasteiger partial charge < -0.3 is 10.4 Å². The molecule has 0 bridgehead atoms. The first kappa shape index (κ1) is 13.4. The fourth-order valence-corrected chi connectivity index (χ4v) is 1.99. The van der Waals surface area contributed by atoms with E-state index >= 15 is 0 Å². The summed E-state index contributed by atoms with van der Waals surface area (Å²) in [5, 5.41) is 11.6. The van der Waals surface area contributed by atoms with E-state index in [-0.39, 0.29) is 5.82 Å². The number of carboxylic acids is 1. The minimum absolute atomic E-state index is 0.0989. The maximum Gasteiger partial charge on any atom is 0.338 e. The summed E-state index contributed by atoms with van der Waals surface area (Å²) >= 11 is 1.56. The number of benzene rings is 1. The Bertz CT molecular complexity index is 619. The van der Waals surface area contributed by atoms with Crippen molar-refractivity contribution < 1.29 is 14.3 Å². The number of nitrogens with zero attached hydrogens (tertiary/aromatic N) is 1. The van der Waals surface area contributed by atoms with Gasteiger partial charge in [-0.05, 0) is 30.5 Å². The van der Waals surface area contributed by atoms with Gasteiger partial charge in [-0.2, -0.15) is 0 Å². The molecule has 0 aliphatic rings. The van der Waals surface area contributed by atoms with E-state index in [2.05, 4.69) is 10.3 Å². The molecule has 0 fully saturated rings. The summed E-state index contributed by atoms with van der Waals surface area (Å²) in [6.45, 7) is 0. The van der Waals surface area contributed by atoms with Gasteiger partial charge in [0.15, 0.2) is 11.6 Å². The van der Waals surface area contributed by atoms with E-state index in [9.17, 15) is 9.18 Å². The Labute approximate surface area is 113 Å². The van der Waals surface area contributed by atoms with E-state index < -0.39 is 17.3 Å². The fourth-order valence-electron chi connectivity index (χ4n) is 1.53. The molecule has 0 spiro atoms. The Balaban J connectivity index is 2.33. The van der Waals surface area contributed by atoms with Gasteiger partial charge >= 0.3 is 5.97 Å². The molecule has 0 atom stereocenters. The second kappa shape index (κ2) is 5.71. The maximum absolute atomic E-state index is 13.9. The highest BCUT2D eigenvalue weighted by molar-refractivity contribution is 7.98. The average Bonchev–Trinajstić information content (AvgIpc) is 2.41. The average molecular weight is 278 g/mol. The zero-order chi connectivity index (χ0) is 13.8. The lowest BCUT2D eigenvalue weighted by Crippen LogP contribution is -2.05. The highest BCUT2D eigenvalue weighted by atomic mass is 32.2. The van der Waals surface area contributed by atoms with Crippen LogP contribution in [0, 0.1) is 5.82 Å². The van der Waals surface area contributed by atoms with Crippen LogP contribution in [0.5, 0.6) is 0 Å². The van der Waals surface area contributed by atoms with Crippen molar-refractivity contribution in [2.75, 3.05) is 11.6 Å². The Morgan fingerprint density at radius 3 is 2.89 bits per heavy atom. The molecule has 0 aliphatic carbocycles. The van der Waals surface area contributed by atoms with Crippen LogP contribution in [0.4, 0.5) is 15.9 Å². The first-order chi connectivity index (χ1) is 9.11. The number of hydrogen-bond donors (Lipinski definition) is 2. The van der Waals surface area contributed by atoms with Crippen LogP contribution in [0.1, 0.15) is 10.4 Å². The number of carbonyl (C=O) groups is 1. The summed E-state index contributed by atoms with van der Waals surface area (Å²) in [5.74, 6) is -2.29. The monoisotopic (exact) mass is 278 g/mol. The van der Waals surface area contributed by atoms with Crippen molar-refractivity contribution in [3.63, 3.8) is 0 Å². The normalized spacial score (nSPS) is 10.2. The summed E-state index contributed by atoms with van der Waals surface area (Å²) in [7, 11) is 0. The molecular weight excluding hydrogens is 267 g/mol. The molecule has 1 aromatic carbocycles. The minimum Gasteiger partial charge on any atom is -0.478 e. The number of rotatable bonds is 4. The standard InChI is InChI=1S/C13H11FN2O2S/c1-19-9-4-2-3-8(7-9)16-12-11(14)10(13(17)18)5-6-15-12/h2-7H,1H3,(H,15,16)(H,17,18). The molecule has 0 amide bonds. The number of nitrogens with one attached hydrogen (secondary N) is 1. The molecule has 1 heterocycles. The second-order valence-electron chi connectivity index (χ2n) is 3.68. The van der Waals surface area contributed by atoms with Gasteiger partial charge in [0.25, 0.3) is 0 Å². The van der Waals surface area contributed by atoms with Gasteiger partial charge in [-0.25, -0.2) is 14.2 Å². The summed E-state index contributed by atoms with van der Waals surface area (Å²) in [4.78, 5) is 15.7. The third-order valence-corrected chi connectivity index (χ3v) is 3.18. The highest BCUT2D eigenvalue weighted by Gasteiger charge is 2.15. The quantitative estimate of drug-likeness (QED) is 0.839. The third-order valence-electron chi connectivity index (χ3n) is 2.45. The van der Waals surface area contributed by atoms with E-state index in [4.69, 9.17) is 5.11 Å². The number of anilines is 2. The van der Waals surface area contributed by atoms with Crippen molar-refractivity contribution in [1.82, 2.24) is 4.98 Å². The van der Waals surface area contributed by atoms with Crippen molar-refractivity contribution in [1.29, 1.82) is 0 Å². The molecule has 6 heteroatoms. The molecule has 2 rings (SSSR count). The molecule has 0 unspecified atom stereocenters. The molecule has 0 saturated heterocycles. The van der Waals surface area contributed by atoms with Gasteiger partial charge in [0.1, 0.15) is 5.56 Å². The lowest BCUT2D eigenvalue weighted by molar-refractivity contribution is 0.0692. The summed E-state index contributed by atoms with van der Waals surface area (Å²) in [6, 6.07) is 8.47. The number of hydrogen-bond acceptors (Lipinski definition) is 4. The van der Waals surface area contributed by atoms with Gasteiger partial charge in [0.05, 0.1) is 0 Å². The number of halogens is 1. The van der Waals surface area contributed by atoms with Crippen molar-refractivity contribution in [2.45, 2.75) is 4.90 Å². The molecule has 98 valence electrons. The number of thioether (sulfide) groups is 1. The molecule has 2 N–H and O–H groups in total. The largest absolute Gasteiger partial charge is 0.478 e. The van der Waals surface area contributed by atoms with Crippen LogP contribution in [0.15, 0.2) is 41.4 Å². The molecular formula is C13H11FN2O2S. The van der Waals surface area contributed by atoms with Crippen molar-refractivity contribution in [3.8, 4) is 0 Å². The van der Waals surface area contributed by atoms with Crippen LogP contribution in [-0.4, -0.2) is 22.3 Å². The van der Waals surface area contributed by atoms with E-state index in [0.29, 0.717) is 5.69 Å². The molecule has 0 saturated carbocycles. The van der Waals surface area contributed by atoms with Crippen molar-refractivity contribution >= 4 is 29.2 Å². The fraction of sp³-hybridized carbons (Fsp3) is 0.0769. The molecule has 0 radical (unpaired) electrons. The Morgan fingerprint density at radius 2 is 2.21 bits per heavy atom. The number of aromatic nitrogens is 1. The van der Waals surface area contributed by atoms with E-state index in [0.717, 1.165) is 11.0 Å². The van der Waals surface area contributed by atoms with Gasteiger partial charge in [-0.15, -0.1) is 11.8 Å². The van der Waals surface area contributed by atoms with Crippen molar-refractivity contribution in [3.05, 3.63) is 47.9 Å². The third kappa shape index (κ3) is 3.03. The summed E-state index contributed by atoms with van der Waals surface area (Å²) in [6.07, 6.45) is 3.19. The van der Waals surface area contributed by atoms with Gasteiger partial charge in [-0.1, -0.05) is 6.07 Å².